The highest BCUT2D eigenvalue weighted by atomic mass is 19.4. The normalized spacial score (nSPS) is 11.8. The molecule has 2 rings (SSSR count). The molecule has 1 aromatic carbocycles. The molecule has 0 saturated heterocycles. The van der Waals surface area contributed by atoms with Crippen molar-refractivity contribution in [2.45, 2.75) is 13.1 Å². The van der Waals surface area contributed by atoms with Crippen LogP contribution in [0.25, 0.3) is 11.3 Å². The van der Waals surface area contributed by atoms with Crippen LogP contribution in [0.3, 0.4) is 0 Å². The molecule has 5 heteroatoms. The minimum Gasteiger partial charge on any atom is -0.449 e. The summed E-state index contributed by atoms with van der Waals surface area (Å²) in [5, 5.41) is 0. The summed E-state index contributed by atoms with van der Waals surface area (Å²) in [6.45, 7) is 1.64. The molecular formula is C11H8F3NO. The molecule has 0 amide bonds. The lowest BCUT2D eigenvalue weighted by Gasteiger charge is -2.06. The zero-order valence-corrected chi connectivity index (χ0v) is 8.38. The van der Waals surface area contributed by atoms with Crippen LogP contribution in [0.5, 0.6) is 0 Å². The van der Waals surface area contributed by atoms with E-state index in [4.69, 9.17) is 4.42 Å². The summed E-state index contributed by atoms with van der Waals surface area (Å²) in [4.78, 5) is 3.97. The number of aromatic nitrogens is 1. The molecule has 84 valence electrons. The Hall–Kier alpha value is -1.78. The van der Waals surface area contributed by atoms with Gasteiger partial charge in [0.1, 0.15) is 12.0 Å². The van der Waals surface area contributed by atoms with Gasteiger partial charge in [-0.2, -0.15) is 13.2 Å². The minimum absolute atomic E-state index is 0.395. The maximum atomic E-state index is 12.4. The molecule has 16 heavy (non-hydrogen) atoms. The Morgan fingerprint density at radius 2 is 2.00 bits per heavy atom. The SMILES string of the molecule is Cc1nc(-c2cccc(C(F)(F)F)c2)co1. The van der Waals surface area contributed by atoms with Gasteiger partial charge in [0.2, 0.25) is 0 Å². The zero-order valence-electron chi connectivity index (χ0n) is 8.38. The molecule has 0 radical (unpaired) electrons. The lowest BCUT2D eigenvalue weighted by molar-refractivity contribution is -0.137. The Balaban J connectivity index is 2.44. The van der Waals surface area contributed by atoms with Crippen molar-refractivity contribution < 1.29 is 17.6 Å². The number of benzene rings is 1. The first-order valence-electron chi connectivity index (χ1n) is 4.56. The lowest BCUT2D eigenvalue weighted by Crippen LogP contribution is -2.04. The van der Waals surface area contributed by atoms with E-state index >= 15 is 0 Å². The van der Waals surface area contributed by atoms with Gasteiger partial charge in [-0.25, -0.2) is 4.98 Å². The van der Waals surface area contributed by atoms with E-state index in [0.29, 0.717) is 17.1 Å². The third-order valence-electron chi connectivity index (χ3n) is 2.10. The summed E-state index contributed by atoms with van der Waals surface area (Å²) in [7, 11) is 0. The summed E-state index contributed by atoms with van der Waals surface area (Å²) < 4.78 is 42.3. The van der Waals surface area contributed by atoms with Crippen LogP contribution < -0.4 is 0 Å². The van der Waals surface area contributed by atoms with E-state index in [9.17, 15) is 13.2 Å². The van der Waals surface area contributed by atoms with E-state index < -0.39 is 11.7 Å². The highest BCUT2D eigenvalue weighted by molar-refractivity contribution is 5.59. The van der Waals surface area contributed by atoms with Gasteiger partial charge in [0.25, 0.3) is 0 Å². The smallest absolute Gasteiger partial charge is 0.416 e. The van der Waals surface area contributed by atoms with E-state index in [1.54, 1.807) is 13.0 Å². The van der Waals surface area contributed by atoms with Crippen LogP contribution >= 0.6 is 0 Å². The van der Waals surface area contributed by atoms with Gasteiger partial charge in [0.15, 0.2) is 5.89 Å². The average molecular weight is 227 g/mol. The van der Waals surface area contributed by atoms with Crippen molar-refractivity contribution >= 4 is 0 Å². The van der Waals surface area contributed by atoms with Gasteiger partial charge in [-0.15, -0.1) is 0 Å². The Morgan fingerprint density at radius 1 is 1.25 bits per heavy atom. The highest BCUT2D eigenvalue weighted by Gasteiger charge is 2.30. The highest BCUT2D eigenvalue weighted by Crippen LogP contribution is 2.31. The maximum absolute atomic E-state index is 12.4. The second kappa shape index (κ2) is 3.66. The van der Waals surface area contributed by atoms with Crippen LogP contribution in [-0.2, 0) is 6.18 Å². The second-order valence-corrected chi connectivity index (χ2v) is 3.33. The molecule has 2 aromatic rings. The summed E-state index contributed by atoms with van der Waals surface area (Å²) in [5.41, 5.74) is 0.112. The Kier molecular flexibility index (Phi) is 2.46. The zero-order chi connectivity index (χ0) is 11.8. The Labute approximate surface area is 89.7 Å². The molecule has 0 atom stereocenters. The van der Waals surface area contributed by atoms with Crippen molar-refractivity contribution in [3.05, 3.63) is 42.0 Å². The van der Waals surface area contributed by atoms with E-state index in [-0.39, 0.29) is 0 Å². The van der Waals surface area contributed by atoms with E-state index in [1.165, 1.54) is 12.3 Å². The number of rotatable bonds is 1. The fraction of sp³-hybridized carbons (Fsp3) is 0.182. The first-order chi connectivity index (χ1) is 7.47. The summed E-state index contributed by atoms with van der Waals surface area (Å²) >= 11 is 0. The predicted molar refractivity (Wildman–Crippen MR) is 51.7 cm³/mol. The van der Waals surface area contributed by atoms with Gasteiger partial charge in [0.05, 0.1) is 5.56 Å². The molecular weight excluding hydrogens is 219 g/mol. The van der Waals surface area contributed by atoms with Crippen molar-refractivity contribution in [3.63, 3.8) is 0 Å². The Morgan fingerprint density at radius 3 is 2.56 bits per heavy atom. The van der Waals surface area contributed by atoms with Gasteiger partial charge >= 0.3 is 6.18 Å². The van der Waals surface area contributed by atoms with Crippen LogP contribution in [-0.4, -0.2) is 4.98 Å². The van der Waals surface area contributed by atoms with Crippen LogP contribution in [0.4, 0.5) is 13.2 Å². The summed E-state index contributed by atoms with van der Waals surface area (Å²) in [6, 6.07) is 4.99. The number of oxazole rings is 1. The monoisotopic (exact) mass is 227 g/mol. The molecule has 0 fully saturated rings. The first kappa shape index (κ1) is 10.7. The maximum Gasteiger partial charge on any atom is 0.416 e. The molecule has 0 aliphatic carbocycles. The molecule has 1 heterocycles. The molecule has 0 bridgehead atoms. The van der Waals surface area contributed by atoms with Crippen LogP contribution in [0.1, 0.15) is 11.5 Å². The molecule has 1 aromatic heterocycles. The summed E-state index contributed by atoms with van der Waals surface area (Å²) in [5.74, 6) is 0.424. The van der Waals surface area contributed by atoms with Crippen molar-refractivity contribution in [1.82, 2.24) is 4.98 Å². The molecule has 0 saturated carbocycles. The molecule has 0 spiro atoms. The second-order valence-electron chi connectivity index (χ2n) is 3.33. The van der Waals surface area contributed by atoms with Gasteiger partial charge in [0, 0.05) is 12.5 Å². The third-order valence-corrected chi connectivity index (χ3v) is 2.10. The molecule has 0 aliphatic rings. The third kappa shape index (κ3) is 2.08. The number of aryl methyl sites for hydroxylation is 1. The van der Waals surface area contributed by atoms with Crippen LogP contribution in [0.2, 0.25) is 0 Å². The number of hydrogen-bond donors (Lipinski definition) is 0. The quantitative estimate of drug-likeness (QED) is 0.742. The topological polar surface area (TPSA) is 26.0 Å². The molecule has 2 nitrogen and oxygen atoms in total. The van der Waals surface area contributed by atoms with Crippen molar-refractivity contribution in [1.29, 1.82) is 0 Å². The van der Waals surface area contributed by atoms with Crippen LogP contribution in [0, 0.1) is 6.92 Å². The predicted octanol–water partition coefficient (Wildman–Crippen LogP) is 3.67. The molecule has 0 unspecified atom stereocenters. The van der Waals surface area contributed by atoms with Crippen molar-refractivity contribution in [2.24, 2.45) is 0 Å². The number of hydrogen-bond acceptors (Lipinski definition) is 2. The Bertz CT molecular complexity index is 502. The molecule has 0 aliphatic heterocycles. The van der Waals surface area contributed by atoms with Gasteiger partial charge < -0.3 is 4.42 Å². The van der Waals surface area contributed by atoms with E-state index in [0.717, 1.165) is 12.1 Å². The minimum atomic E-state index is -4.34. The number of nitrogens with zero attached hydrogens (tertiary/aromatic N) is 1. The first-order valence-corrected chi connectivity index (χ1v) is 4.56. The van der Waals surface area contributed by atoms with Gasteiger partial charge in [-0.3, -0.25) is 0 Å². The fourth-order valence-corrected chi connectivity index (χ4v) is 1.35. The van der Waals surface area contributed by atoms with E-state index in [1.807, 2.05) is 0 Å². The lowest BCUT2D eigenvalue weighted by atomic mass is 10.1. The number of alkyl halides is 3. The summed E-state index contributed by atoms with van der Waals surface area (Å²) in [6.07, 6.45) is -3.00. The molecule has 0 N–H and O–H groups in total. The largest absolute Gasteiger partial charge is 0.449 e. The van der Waals surface area contributed by atoms with Gasteiger partial charge in [-0.1, -0.05) is 12.1 Å². The van der Waals surface area contributed by atoms with E-state index in [2.05, 4.69) is 4.98 Å². The average Bonchev–Trinajstić information content (AvgIpc) is 2.64. The van der Waals surface area contributed by atoms with Crippen LogP contribution in [0.15, 0.2) is 34.9 Å². The number of halogens is 3. The van der Waals surface area contributed by atoms with Crippen molar-refractivity contribution in [2.75, 3.05) is 0 Å². The van der Waals surface area contributed by atoms with Crippen molar-refractivity contribution in [3.8, 4) is 11.3 Å². The van der Waals surface area contributed by atoms with Gasteiger partial charge in [-0.05, 0) is 12.1 Å². The fourth-order valence-electron chi connectivity index (χ4n) is 1.35. The standard InChI is InChI=1S/C11H8F3NO/c1-7-15-10(6-16-7)8-3-2-4-9(5-8)11(12,13)14/h2-6H,1H3.